The highest BCUT2D eigenvalue weighted by molar-refractivity contribution is 6.50. The fourth-order valence-electron chi connectivity index (χ4n) is 1.55. The van der Waals surface area contributed by atoms with E-state index in [4.69, 9.17) is 5.02 Å². The molecule has 0 aromatic rings. The maximum atomic E-state index is 10.0. The van der Waals surface area contributed by atoms with E-state index in [1.807, 2.05) is 6.92 Å². The Balaban J connectivity index is 2.46. The van der Waals surface area contributed by atoms with Gasteiger partial charge in [0.2, 0.25) is 0 Å². The summed E-state index contributed by atoms with van der Waals surface area (Å²) in [7, 11) is -1.03. The third-order valence-corrected chi connectivity index (χ3v) is 2.31. The lowest BCUT2D eigenvalue weighted by atomic mass is 9.62. The second-order valence-corrected chi connectivity index (χ2v) is 3.07. The smallest absolute Gasteiger partial charge is 0.429 e. The maximum absolute atomic E-state index is 10.0. The van der Waals surface area contributed by atoms with Gasteiger partial charge in [-0.25, -0.2) is 0 Å². The van der Waals surface area contributed by atoms with Crippen LogP contribution in [0.1, 0.15) is 19.8 Å². The molecular formula is C6H13BN2O2. The van der Waals surface area contributed by atoms with Crippen LogP contribution >= 0.6 is 0 Å². The summed E-state index contributed by atoms with van der Waals surface area (Å²) in [5.41, 5.74) is 0. The molecule has 62 valence electrons. The van der Waals surface area contributed by atoms with Crippen LogP contribution < -0.4 is 5.32 Å². The zero-order valence-electron chi connectivity index (χ0n) is 6.66. The molecule has 0 aromatic carbocycles. The van der Waals surface area contributed by atoms with Crippen molar-refractivity contribution in [1.82, 2.24) is 5.32 Å². The third-order valence-electron chi connectivity index (χ3n) is 2.31. The van der Waals surface area contributed by atoms with Gasteiger partial charge in [-0.1, -0.05) is 5.09 Å². The van der Waals surface area contributed by atoms with E-state index in [0.717, 1.165) is 19.4 Å². The minimum absolute atomic E-state index is 0.00116. The number of nitroso groups, excluding NO2 is 1. The number of nitrogens with zero attached hydrogens (tertiary/aromatic N) is 1. The topological polar surface area (TPSA) is 61.7 Å². The molecule has 1 rings (SSSR count). The fraction of sp³-hybridized carbons (Fsp3) is 1.00. The fourth-order valence-corrected chi connectivity index (χ4v) is 1.55. The van der Waals surface area contributed by atoms with Crippen LogP contribution in [0.2, 0.25) is 5.82 Å². The summed E-state index contributed by atoms with van der Waals surface area (Å²) in [6, 6.07) is 0.205. The zero-order chi connectivity index (χ0) is 8.27. The highest BCUT2D eigenvalue weighted by atomic mass is 16.3. The molecule has 2 unspecified atom stereocenters. The van der Waals surface area contributed by atoms with Crippen LogP contribution in [-0.4, -0.2) is 24.7 Å². The summed E-state index contributed by atoms with van der Waals surface area (Å²) in [6.07, 6.45) is 1.91. The van der Waals surface area contributed by atoms with E-state index < -0.39 is 7.05 Å². The second kappa shape index (κ2) is 3.83. The van der Waals surface area contributed by atoms with Gasteiger partial charge in [-0.2, -0.15) is 4.91 Å². The minimum atomic E-state index is -1.03. The van der Waals surface area contributed by atoms with Crippen molar-refractivity contribution in [3.8, 4) is 0 Å². The SMILES string of the molecule is CC1NCCCC1B(O)N=O. The van der Waals surface area contributed by atoms with Gasteiger partial charge in [0.15, 0.2) is 0 Å². The average Bonchev–Trinajstić information content (AvgIpc) is 2.04. The third kappa shape index (κ3) is 2.00. The molecule has 0 amide bonds. The molecule has 1 aliphatic heterocycles. The van der Waals surface area contributed by atoms with E-state index in [1.165, 1.54) is 0 Å². The Bertz CT molecular complexity index is 145. The van der Waals surface area contributed by atoms with Crippen LogP contribution in [0.5, 0.6) is 0 Å². The van der Waals surface area contributed by atoms with Gasteiger partial charge < -0.3 is 10.3 Å². The highest BCUT2D eigenvalue weighted by Crippen LogP contribution is 2.24. The summed E-state index contributed by atoms with van der Waals surface area (Å²) < 4.78 is 0. The summed E-state index contributed by atoms with van der Waals surface area (Å²) in [4.78, 5) is 10.0. The molecule has 1 fully saturated rings. The molecule has 5 heteroatoms. The Morgan fingerprint density at radius 3 is 3.00 bits per heavy atom. The Labute approximate surface area is 66.5 Å². The van der Waals surface area contributed by atoms with Crippen molar-refractivity contribution >= 4 is 7.05 Å². The van der Waals surface area contributed by atoms with Crippen LogP contribution in [0.15, 0.2) is 5.09 Å². The molecule has 1 saturated heterocycles. The summed E-state index contributed by atoms with van der Waals surface area (Å²) in [6.45, 7) is 2.95. The van der Waals surface area contributed by atoms with Crippen molar-refractivity contribution in [3.05, 3.63) is 4.91 Å². The molecule has 0 aliphatic carbocycles. The van der Waals surface area contributed by atoms with Crippen LogP contribution in [-0.2, 0) is 0 Å². The van der Waals surface area contributed by atoms with Crippen molar-refractivity contribution in [3.63, 3.8) is 0 Å². The molecule has 2 N–H and O–H groups in total. The first kappa shape index (κ1) is 8.68. The summed E-state index contributed by atoms with van der Waals surface area (Å²) in [5.74, 6) is 0.00116. The van der Waals surface area contributed by atoms with E-state index >= 15 is 0 Å². The quantitative estimate of drug-likeness (QED) is 0.448. The van der Waals surface area contributed by atoms with Crippen molar-refractivity contribution in [2.75, 3.05) is 6.54 Å². The van der Waals surface area contributed by atoms with Crippen molar-refractivity contribution in [2.45, 2.75) is 31.6 Å². The second-order valence-electron chi connectivity index (χ2n) is 3.07. The first-order chi connectivity index (χ1) is 5.25. The summed E-state index contributed by atoms with van der Waals surface area (Å²) in [5, 5.41) is 15.0. The summed E-state index contributed by atoms with van der Waals surface area (Å²) >= 11 is 0. The van der Waals surface area contributed by atoms with Crippen LogP contribution in [0, 0.1) is 4.91 Å². The van der Waals surface area contributed by atoms with Crippen molar-refractivity contribution in [2.24, 2.45) is 5.09 Å². The van der Waals surface area contributed by atoms with E-state index in [9.17, 15) is 4.91 Å². The van der Waals surface area contributed by atoms with E-state index in [1.54, 1.807) is 0 Å². The highest BCUT2D eigenvalue weighted by Gasteiger charge is 2.33. The normalized spacial score (nSPS) is 31.5. The molecule has 0 spiro atoms. The van der Waals surface area contributed by atoms with Gasteiger partial charge in [-0.05, 0) is 26.3 Å². The Morgan fingerprint density at radius 1 is 1.73 bits per heavy atom. The van der Waals surface area contributed by atoms with Crippen LogP contribution in [0.3, 0.4) is 0 Å². The Morgan fingerprint density at radius 2 is 2.45 bits per heavy atom. The molecule has 0 radical (unpaired) electrons. The standard InChI is InChI=1S/C6H13BN2O2/c1-5-6(7(10)9-11)3-2-4-8-5/h5-6,8,10H,2-4H2,1H3. The van der Waals surface area contributed by atoms with Gasteiger partial charge in [-0.15, -0.1) is 0 Å². The molecule has 0 saturated carbocycles. The van der Waals surface area contributed by atoms with E-state index in [2.05, 4.69) is 10.4 Å². The first-order valence-corrected chi connectivity index (χ1v) is 3.99. The number of rotatable bonds is 2. The lowest BCUT2D eigenvalue weighted by Crippen LogP contribution is -2.41. The zero-order valence-corrected chi connectivity index (χ0v) is 6.66. The van der Waals surface area contributed by atoms with Crippen molar-refractivity contribution < 1.29 is 5.02 Å². The predicted molar refractivity (Wildman–Crippen MR) is 44.2 cm³/mol. The molecule has 11 heavy (non-hydrogen) atoms. The van der Waals surface area contributed by atoms with Crippen LogP contribution in [0.4, 0.5) is 0 Å². The first-order valence-electron chi connectivity index (χ1n) is 3.99. The van der Waals surface area contributed by atoms with Crippen LogP contribution in [0.25, 0.3) is 0 Å². The minimum Gasteiger partial charge on any atom is -0.429 e. The Hall–Kier alpha value is -0.415. The largest absolute Gasteiger partial charge is 0.488 e. The number of piperidine rings is 1. The average molecular weight is 156 g/mol. The lowest BCUT2D eigenvalue weighted by Gasteiger charge is -2.28. The molecule has 1 heterocycles. The van der Waals surface area contributed by atoms with Gasteiger partial charge in [-0.3, -0.25) is 0 Å². The van der Waals surface area contributed by atoms with Crippen molar-refractivity contribution in [1.29, 1.82) is 0 Å². The number of hydrogen-bond donors (Lipinski definition) is 2. The van der Waals surface area contributed by atoms with E-state index in [0.29, 0.717) is 0 Å². The molecule has 1 aliphatic rings. The lowest BCUT2D eigenvalue weighted by molar-refractivity contribution is 0.390. The monoisotopic (exact) mass is 156 g/mol. The number of hydrogen-bond acceptors (Lipinski definition) is 4. The molecule has 4 nitrogen and oxygen atoms in total. The Kier molecular flexibility index (Phi) is 3.02. The maximum Gasteiger partial charge on any atom is 0.488 e. The molecule has 2 atom stereocenters. The molecular weight excluding hydrogens is 143 g/mol. The predicted octanol–water partition coefficient (Wildman–Crippen LogP) is 0.375. The van der Waals surface area contributed by atoms with E-state index in [-0.39, 0.29) is 11.9 Å². The number of nitrogens with one attached hydrogen (secondary N) is 1. The molecule has 0 aromatic heterocycles. The molecule has 0 bridgehead atoms. The van der Waals surface area contributed by atoms with Gasteiger partial charge in [0, 0.05) is 11.9 Å². The van der Waals surface area contributed by atoms with Gasteiger partial charge in [0.1, 0.15) is 0 Å². The van der Waals surface area contributed by atoms with Gasteiger partial charge in [0.25, 0.3) is 0 Å². The van der Waals surface area contributed by atoms with Gasteiger partial charge >= 0.3 is 7.05 Å². The van der Waals surface area contributed by atoms with Gasteiger partial charge in [0.05, 0.1) is 0 Å².